The summed E-state index contributed by atoms with van der Waals surface area (Å²) < 4.78 is 18.2. The molecule has 2 nitrogen and oxygen atoms in total. The molecule has 1 aliphatic heterocycles. The Morgan fingerprint density at radius 2 is 1.36 bits per heavy atom. The van der Waals surface area contributed by atoms with Crippen LogP contribution in [0, 0.1) is 0 Å². The average molecular weight is 473 g/mol. The van der Waals surface area contributed by atoms with Crippen molar-refractivity contribution in [1.29, 1.82) is 0 Å². The number of pyridine rings is 1. The third-order valence-corrected chi connectivity index (χ3v) is 8.32. The minimum Gasteiger partial charge on any atom is -0.364 e. The van der Waals surface area contributed by atoms with Gasteiger partial charge in [-0.3, -0.25) is 4.98 Å². The number of rotatable bonds is 4. The summed E-state index contributed by atoms with van der Waals surface area (Å²) in [5.74, 6) is 0. The molecular formula is C33H29FN2. The van der Waals surface area contributed by atoms with E-state index in [1.54, 1.807) is 0 Å². The molecule has 1 aliphatic carbocycles. The maximum atomic E-state index is 18.2. The normalized spacial score (nSPS) is 17.7. The Hall–Kier alpha value is -3.72. The summed E-state index contributed by atoms with van der Waals surface area (Å²) in [6.45, 7) is 0.869. The van der Waals surface area contributed by atoms with E-state index in [-0.39, 0.29) is 6.04 Å². The van der Waals surface area contributed by atoms with Crippen LogP contribution in [0.3, 0.4) is 0 Å². The van der Waals surface area contributed by atoms with E-state index in [2.05, 4.69) is 64.5 Å². The van der Waals surface area contributed by atoms with Gasteiger partial charge in [-0.15, -0.1) is 0 Å². The molecule has 36 heavy (non-hydrogen) atoms. The molecule has 2 heterocycles. The van der Waals surface area contributed by atoms with Crippen LogP contribution in [-0.4, -0.2) is 17.6 Å². The van der Waals surface area contributed by atoms with Crippen molar-refractivity contribution in [3.05, 3.63) is 120 Å². The lowest BCUT2D eigenvalue weighted by molar-refractivity contribution is 0.177. The summed E-state index contributed by atoms with van der Waals surface area (Å²) in [5, 5.41) is 4.43. The average Bonchev–Trinajstić information content (AvgIpc) is 3.62. The molecule has 3 heteroatoms. The number of nitrogens with zero attached hydrogens (tertiary/aromatic N) is 2. The van der Waals surface area contributed by atoms with E-state index in [9.17, 15) is 0 Å². The molecule has 0 amide bonds. The molecule has 0 radical (unpaired) electrons. The van der Waals surface area contributed by atoms with Gasteiger partial charge >= 0.3 is 0 Å². The van der Waals surface area contributed by atoms with Crippen LogP contribution in [-0.2, 0) is 18.5 Å². The molecule has 2 aliphatic rings. The van der Waals surface area contributed by atoms with Crippen LogP contribution in [0.15, 0.2) is 97.2 Å². The Morgan fingerprint density at radius 3 is 2.03 bits per heavy atom. The zero-order valence-corrected chi connectivity index (χ0v) is 20.3. The predicted octanol–water partition coefficient (Wildman–Crippen LogP) is 7.76. The third-order valence-electron chi connectivity index (χ3n) is 8.32. The van der Waals surface area contributed by atoms with Crippen molar-refractivity contribution in [3.63, 3.8) is 0 Å². The summed E-state index contributed by atoms with van der Waals surface area (Å²) in [6, 6.07) is 30.6. The van der Waals surface area contributed by atoms with Crippen LogP contribution in [0.5, 0.6) is 0 Å². The van der Waals surface area contributed by atoms with E-state index in [4.69, 9.17) is 0 Å². The van der Waals surface area contributed by atoms with E-state index < -0.39 is 5.67 Å². The molecule has 178 valence electrons. The first-order chi connectivity index (χ1) is 17.7. The van der Waals surface area contributed by atoms with Crippen molar-refractivity contribution in [3.8, 4) is 0 Å². The van der Waals surface area contributed by atoms with Crippen LogP contribution in [0.4, 0.5) is 10.1 Å². The highest BCUT2D eigenvalue weighted by molar-refractivity contribution is 5.85. The Labute approximate surface area is 211 Å². The van der Waals surface area contributed by atoms with Gasteiger partial charge in [0.25, 0.3) is 0 Å². The fraction of sp³-hybridized carbons (Fsp3) is 0.242. The maximum Gasteiger partial charge on any atom is 0.181 e. The van der Waals surface area contributed by atoms with Gasteiger partial charge in [-0.1, -0.05) is 72.8 Å². The Morgan fingerprint density at radius 1 is 0.722 bits per heavy atom. The summed E-state index contributed by atoms with van der Waals surface area (Å²) >= 11 is 0. The lowest BCUT2D eigenvalue weighted by Gasteiger charge is -2.40. The van der Waals surface area contributed by atoms with Crippen LogP contribution in [0.25, 0.3) is 21.5 Å². The molecule has 1 fully saturated rings. The largest absolute Gasteiger partial charge is 0.364 e. The summed E-state index contributed by atoms with van der Waals surface area (Å²) in [4.78, 5) is 7.00. The topological polar surface area (TPSA) is 16.1 Å². The van der Waals surface area contributed by atoms with Crippen molar-refractivity contribution >= 4 is 27.2 Å². The van der Waals surface area contributed by atoms with Crippen LogP contribution < -0.4 is 4.90 Å². The fourth-order valence-corrected chi connectivity index (χ4v) is 6.57. The van der Waals surface area contributed by atoms with Crippen molar-refractivity contribution in [1.82, 2.24) is 4.98 Å². The fourth-order valence-electron chi connectivity index (χ4n) is 6.57. The van der Waals surface area contributed by atoms with Crippen LogP contribution in [0.1, 0.15) is 41.6 Å². The summed E-state index contributed by atoms with van der Waals surface area (Å²) in [5.41, 5.74) is 3.52. The second-order valence-electron chi connectivity index (χ2n) is 10.3. The van der Waals surface area contributed by atoms with Gasteiger partial charge < -0.3 is 4.90 Å². The second kappa shape index (κ2) is 8.44. The Balaban J connectivity index is 1.44. The van der Waals surface area contributed by atoms with E-state index in [0.717, 1.165) is 71.3 Å². The first kappa shape index (κ1) is 21.6. The number of aromatic nitrogens is 1. The van der Waals surface area contributed by atoms with Gasteiger partial charge in [0.05, 0.1) is 6.04 Å². The number of alkyl halides is 1. The molecule has 5 aromatic rings. The number of hydrogen-bond acceptors (Lipinski definition) is 2. The first-order valence-corrected chi connectivity index (χ1v) is 13.1. The highest BCUT2D eigenvalue weighted by Gasteiger charge is 2.48. The smallest absolute Gasteiger partial charge is 0.181 e. The number of hydrogen-bond donors (Lipinski definition) is 0. The van der Waals surface area contributed by atoms with Gasteiger partial charge in [0.15, 0.2) is 5.67 Å². The van der Waals surface area contributed by atoms with Crippen molar-refractivity contribution in [2.75, 3.05) is 11.4 Å². The lowest BCUT2D eigenvalue weighted by Crippen LogP contribution is -2.46. The number of aryl methyl sites for hydroxylation is 1. The van der Waals surface area contributed by atoms with Gasteiger partial charge in [-0.05, 0) is 88.5 Å². The van der Waals surface area contributed by atoms with Crippen LogP contribution >= 0.6 is 0 Å². The molecule has 0 bridgehead atoms. The standard InChI is InChI=1S/C33H29FN2/c34-33(27-16-14-23-7-1-3-9-25(23)21-27,28-17-15-24-8-2-4-10-26(24)22-28)32-13-6-20-36(32)31-18-19-35-30-12-5-11-29(30)31/h1-4,7-10,14-19,21-22,32H,5-6,11-13,20H2/t32-/m0/s1. The minimum absolute atomic E-state index is 0.285. The molecule has 1 aromatic heterocycles. The number of fused-ring (bicyclic) bond motifs is 3. The molecule has 0 N–H and O–H groups in total. The number of halogens is 1. The molecular weight excluding hydrogens is 443 g/mol. The molecule has 1 atom stereocenters. The molecule has 0 saturated carbocycles. The second-order valence-corrected chi connectivity index (χ2v) is 10.3. The highest BCUT2D eigenvalue weighted by Crippen LogP contribution is 2.47. The van der Waals surface area contributed by atoms with E-state index in [0.29, 0.717) is 0 Å². The van der Waals surface area contributed by atoms with Gasteiger partial charge in [0, 0.05) is 24.1 Å². The van der Waals surface area contributed by atoms with Crippen molar-refractivity contribution in [2.45, 2.75) is 43.8 Å². The van der Waals surface area contributed by atoms with Gasteiger partial charge in [-0.2, -0.15) is 0 Å². The quantitative estimate of drug-likeness (QED) is 0.266. The van der Waals surface area contributed by atoms with E-state index in [1.165, 1.54) is 16.9 Å². The predicted molar refractivity (Wildman–Crippen MR) is 146 cm³/mol. The minimum atomic E-state index is -1.65. The molecule has 0 spiro atoms. The molecule has 1 saturated heterocycles. The zero-order valence-electron chi connectivity index (χ0n) is 20.3. The third kappa shape index (κ3) is 3.33. The first-order valence-electron chi connectivity index (χ1n) is 13.1. The maximum absolute atomic E-state index is 18.2. The van der Waals surface area contributed by atoms with E-state index >= 15 is 4.39 Å². The number of anilines is 1. The summed E-state index contributed by atoms with van der Waals surface area (Å²) in [6.07, 6.45) is 6.90. The number of benzene rings is 4. The van der Waals surface area contributed by atoms with E-state index in [1.807, 2.05) is 42.6 Å². The Kier molecular flexibility index (Phi) is 5.06. The van der Waals surface area contributed by atoms with Gasteiger partial charge in [0.1, 0.15) is 0 Å². The Bertz CT molecular complexity index is 1510. The SMILES string of the molecule is FC(c1ccc2ccccc2c1)(c1ccc2ccccc2c1)[C@@H]1CCCN1c1ccnc2c1CCC2. The zero-order chi connectivity index (χ0) is 24.1. The highest BCUT2D eigenvalue weighted by atomic mass is 19.1. The van der Waals surface area contributed by atoms with Gasteiger partial charge in [0.2, 0.25) is 0 Å². The molecule has 7 rings (SSSR count). The van der Waals surface area contributed by atoms with Gasteiger partial charge in [-0.25, -0.2) is 4.39 Å². The summed E-state index contributed by atoms with van der Waals surface area (Å²) in [7, 11) is 0. The lowest BCUT2D eigenvalue weighted by atomic mass is 9.79. The van der Waals surface area contributed by atoms with Crippen LogP contribution in [0.2, 0.25) is 0 Å². The monoisotopic (exact) mass is 472 g/mol. The molecule has 0 unspecified atom stereocenters. The molecule has 4 aromatic carbocycles. The van der Waals surface area contributed by atoms with Crippen molar-refractivity contribution in [2.24, 2.45) is 0 Å². The van der Waals surface area contributed by atoms with Crippen molar-refractivity contribution < 1.29 is 4.39 Å².